The Morgan fingerprint density at radius 1 is 0.933 bits per heavy atom. The van der Waals surface area contributed by atoms with Gasteiger partial charge in [-0.25, -0.2) is 4.39 Å². The first-order valence-corrected chi connectivity index (χ1v) is 9.98. The zero-order valence-corrected chi connectivity index (χ0v) is 17.1. The molecule has 0 spiro atoms. The van der Waals surface area contributed by atoms with E-state index in [1.54, 1.807) is 28.2 Å². The number of rotatable bonds is 4. The van der Waals surface area contributed by atoms with E-state index in [0.717, 1.165) is 17.1 Å². The summed E-state index contributed by atoms with van der Waals surface area (Å²) in [6.45, 7) is 6.07. The lowest BCUT2D eigenvalue weighted by molar-refractivity contribution is 0.0532. The first kappa shape index (κ1) is 19.9. The second kappa shape index (κ2) is 8.18. The van der Waals surface area contributed by atoms with Crippen LogP contribution in [-0.4, -0.2) is 52.4 Å². The van der Waals surface area contributed by atoms with E-state index in [4.69, 9.17) is 4.42 Å². The summed E-state index contributed by atoms with van der Waals surface area (Å²) in [5, 5.41) is 0. The molecule has 156 valence electrons. The lowest BCUT2D eigenvalue weighted by Gasteiger charge is -2.35. The van der Waals surface area contributed by atoms with E-state index < -0.39 is 5.82 Å². The van der Waals surface area contributed by atoms with E-state index in [-0.39, 0.29) is 17.4 Å². The van der Waals surface area contributed by atoms with Gasteiger partial charge in [-0.05, 0) is 44.2 Å². The van der Waals surface area contributed by atoms with Gasteiger partial charge >= 0.3 is 0 Å². The Hall–Kier alpha value is -3.35. The molecule has 7 heteroatoms. The van der Waals surface area contributed by atoms with Crippen molar-refractivity contribution >= 4 is 11.8 Å². The van der Waals surface area contributed by atoms with Crippen molar-refractivity contribution in [1.82, 2.24) is 14.4 Å². The van der Waals surface area contributed by atoms with Crippen LogP contribution in [0, 0.1) is 19.7 Å². The number of halogens is 1. The number of aromatic nitrogens is 1. The second-order valence-electron chi connectivity index (χ2n) is 7.51. The monoisotopic (exact) mass is 409 g/mol. The third-order valence-corrected chi connectivity index (χ3v) is 5.66. The average molecular weight is 409 g/mol. The van der Waals surface area contributed by atoms with Crippen molar-refractivity contribution in [3.8, 4) is 0 Å². The summed E-state index contributed by atoms with van der Waals surface area (Å²) in [6.07, 6.45) is 1.64. The fourth-order valence-corrected chi connectivity index (χ4v) is 3.91. The molecule has 6 nitrogen and oxygen atoms in total. The predicted octanol–water partition coefficient (Wildman–Crippen LogP) is 3.48. The topological polar surface area (TPSA) is 58.7 Å². The highest BCUT2D eigenvalue weighted by Gasteiger charge is 2.28. The molecule has 0 atom stereocenters. The van der Waals surface area contributed by atoms with E-state index in [1.807, 2.05) is 32.0 Å². The summed E-state index contributed by atoms with van der Waals surface area (Å²) >= 11 is 0. The molecule has 0 unspecified atom stereocenters. The van der Waals surface area contributed by atoms with Gasteiger partial charge < -0.3 is 18.8 Å². The highest BCUT2D eigenvalue weighted by atomic mass is 19.1. The number of hydrogen-bond donors (Lipinski definition) is 0. The number of furan rings is 1. The Balaban J connectivity index is 1.43. The van der Waals surface area contributed by atoms with Gasteiger partial charge in [0.15, 0.2) is 0 Å². The largest absolute Gasteiger partial charge is 0.467 e. The molecule has 0 bridgehead atoms. The van der Waals surface area contributed by atoms with Crippen molar-refractivity contribution < 1.29 is 18.4 Å². The Morgan fingerprint density at radius 3 is 2.17 bits per heavy atom. The van der Waals surface area contributed by atoms with E-state index in [2.05, 4.69) is 4.57 Å². The van der Waals surface area contributed by atoms with Gasteiger partial charge in [0.05, 0.1) is 23.9 Å². The number of aryl methyl sites for hydroxylation is 1. The zero-order chi connectivity index (χ0) is 21.3. The van der Waals surface area contributed by atoms with Crippen LogP contribution in [0.3, 0.4) is 0 Å². The molecule has 0 N–H and O–H groups in total. The molecule has 1 aliphatic heterocycles. The van der Waals surface area contributed by atoms with Crippen molar-refractivity contribution in [2.24, 2.45) is 0 Å². The van der Waals surface area contributed by atoms with Crippen LogP contribution in [-0.2, 0) is 6.54 Å². The van der Waals surface area contributed by atoms with Crippen molar-refractivity contribution in [3.63, 3.8) is 0 Å². The highest BCUT2D eigenvalue weighted by molar-refractivity contribution is 5.97. The zero-order valence-electron chi connectivity index (χ0n) is 17.1. The van der Waals surface area contributed by atoms with Crippen molar-refractivity contribution in [1.29, 1.82) is 0 Å². The summed E-state index contributed by atoms with van der Waals surface area (Å²) in [6, 6.07) is 11.6. The number of carbonyl (C=O) groups excluding carboxylic acids is 2. The van der Waals surface area contributed by atoms with Crippen LogP contribution in [0.2, 0.25) is 0 Å². The van der Waals surface area contributed by atoms with Crippen molar-refractivity contribution in [3.05, 3.63) is 82.8 Å². The molecular weight excluding hydrogens is 385 g/mol. The average Bonchev–Trinajstić information content (AvgIpc) is 3.37. The molecule has 1 aromatic carbocycles. The lowest BCUT2D eigenvalue weighted by atomic mass is 10.1. The summed E-state index contributed by atoms with van der Waals surface area (Å²) in [7, 11) is 0. The standard InChI is InChI=1S/C23H24FN3O3/c1-16-14-20(17(2)27(16)15-18-6-5-13-30-18)23(29)26-11-9-25(10-12-26)22(28)19-7-3-4-8-21(19)24/h3-8,13-14H,9-12,15H2,1-2H3. The molecule has 0 radical (unpaired) electrons. The lowest BCUT2D eigenvalue weighted by Crippen LogP contribution is -2.50. The number of carbonyl (C=O) groups is 2. The molecule has 0 aliphatic carbocycles. The molecule has 3 aromatic rings. The van der Waals surface area contributed by atoms with Gasteiger partial charge in [0.1, 0.15) is 11.6 Å². The minimum atomic E-state index is -0.523. The molecule has 1 fully saturated rings. The Labute approximate surface area is 174 Å². The Bertz CT molecular complexity index is 1060. The van der Waals surface area contributed by atoms with Crippen LogP contribution in [0.5, 0.6) is 0 Å². The predicted molar refractivity (Wildman–Crippen MR) is 110 cm³/mol. The van der Waals surface area contributed by atoms with Crippen LogP contribution in [0.15, 0.2) is 53.1 Å². The fraction of sp³-hybridized carbons (Fsp3) is 0.304. The summed E-state index contributed by atoms with van der Waals surface area (Å²) in [5.74, 6) is -0.0790. The third kappa shape index (κ3) is 3.75. The highest BCUT2D eigenvalue weighted by Crippen LogP contribution is 2.20. The molecule has 1 aliphatic rings. The van der Waals surface area contributed by atoms with Crippen LogP contribution < -0.4 is 0 Å². The molecule has 3 heterocycles. The van der Waals surface area contributed by atoms with E-state index in [9.17, 15) is 14.0 Å². The number of piperazine rings is 1. The second-order valence-corrected chi connectivity index (χ2v) is 7.51. The number of benzene rings is 1. The van der Waals surface area contributed by atoms with Crippen molar-refractivity contribution in [2.75, 3.05) is 26.2 Å². The van der Waals surface area contributed by atoms with Crippen LogP contribution in [0.4, 0.5) is 4.39 Å². The smallest absolute Gasteiger partial charge is 0.256 e. The first-order chi connectivity index (χ1) is 14.5. The summed E-state index contributed by atoms with van der Waals surface area (Å²) in [5.41, 5.74) is 2.60. The third-order valence-electron chi connectivity index (χ3n) is 5.66. The maximum Gasteiger partial charge on any atom is 0.256 e. The van der Waals surface area contributed by atoms with E-state index in [1.165, 1.54) is 12.1 Å². The molecule has 2 aromatic heterocycles. The number of hydrogen-bond acceptors (Lipinski definition) is 3. The van der Waals surface area contributed by atoms with Crippen LogP contribution in [0.1, 0.15) is 37.9 Å². The maximum atomic E-state index is 13.9. The van der Waals surface area contributed by atoms with Gasteiger partial charge in [-0.2, -0.15) is 0 Å². The molecule has 2 amide bonds. The normalized spacial score (nSPS) is 14.2. The molecule has 4 rings (SSSR count). The summed E-state index contributed by atoms with van der Waals surface area (Å²) in [4.78, 5) is 29.1. The Kier molecular flexibility index (Phi) is 5.44. The maximum absolute atomic E-state index is 13.9. The van der Waals surface area contributed by atoms with Crippen LogP contribution >= 0.6 is 0 Å². The van der Waals surface area contributed by atoms with E-state index >= 15 is 0 Å². The van der Waals surface area contributed by atoms with Gasteiger partial charge in [-0.3, -0.25) is 9.59 Å². The number of amides is 2. The fourth-order valence-electron chi connectivity index (χ4n) is 3.91. The minimum absolute atomic E-state index is 0.0493. The molecule has 1 saturated heterocycles. The summed E-state index contributed by atoms with van der Waals surface area (Å²) < 4.78 is 21.4. The van der Waals surface area contributed by atoms with Gasteiger partial charge in [0, 0.05) is 37.6 Å². The van der Waals surface area contributed by atoms with Crippen molar-refractivity contribution in [2.45, 2.75) is 20.4 Å². The van der Waals surface area contributed by atoms with Gasteiger partial charge in [0.25, 0.3) is 11.8 Å². The van der Waals surface area contributed by atoms with E-state index in [0.29, 0.717) is 38.3 Å². The molecular formula is C23H24FN3O3. The quantitative estimate of drug-likeness (QED) is 0.663. The SMILES string of the molecule is Cc1cc(C(=O)N2CCN(C(=O)c3ccccc3F)CC2)c(C)n1Cc1ccco1. The van der Waals surface area contributed by atoms with Gasteiger partial charge in [-0.15, -0.1) is 0 Å². The van der Waals surface area contributed by atoms with Gasteiger partial charge in [0.2, 0.25) is 0 Å². The molecule has 0 saturated carbocycles. The minimum Gasteiger partial charge on any atom is -0.467 e. The van der Waals surface area contributed by atoms with Crippen LogP contribution in [0.25, 0.3) is 0 Å². The van der Waals surface area contributed by atoms with Gasteiger partial charge in [-0.1, -0.05) is 12.1 Å². The first-order valence-electron chi connectivity index (χ1n) is 9.98. The Morgan fingerprint density at radius 2 is 1.57 bits per heavy atom. The molecule has 30 heavy (non-hydrogen) atoms. The number of nitrogens with zero attached hydrogens (tertiary/aromatic N) is 3.